The number of rotatable bonds is 3. The molecule has 0 bridgehead atoms. The minimum Gasteiger partial charge on any atom is -0.335 e. The summed E-state index contributed by atoms with van der Waals surface area (Å²) >= 11 is 5.24. The fraction of sp³-hybridized carbons (Fsp3) is 0.778. The molecule has 0 saturated heterocycles. The lowest BCUT2D eigenvalue weighted by molar-refractivity contribution is -0.117. The van der Waals surface area contributed by atoms with Gasteiger partial charge in [-0.15, -0.1) is 11.6 Å². The van der Waals surface area contributed by atoms with Crippen molar-refractivity contribution < 1.29 is 9.59 Å². The Labute approximate surface area is 88.4 Å². The average Bonchev–Trinajstić information content (AvgIpc) is 1.99. The molecule has 0 aliphatic heterocycles. The monoisotopic (exact) mass is 218 g/mol. The minimum atomic E-state index is -0.468. The Morgan fingerprint density at radius 3 is 2.57 bits per heavy atom. The molecule has 1 unspecified atom stereocenters. The van der Waals surface area contributed by atoms with E-state index < -0.39 is 11.9 Å². The third-order valence-electron chi connectivity index (χ3n) is 2.59. The number of halogens is 1. The van der Waals surface area contributed by atoms with Crippen molar-refractivity contribution >= 4 is 23.5 Å². The quantitative estimate of drug-likeness (QED) is 0.701. The molecule has 80 valence electrons. The van der Waals surface area contributed by atoms with Crippen LogP contribution in [-0.4, -0.2) is 23.9 Å². The smallest absolute Gasteiger partial charge is 0.321 e. The first-order valence-electron chi connectivity index (χ1n) is 4.79. The highest BCUT2D eigenvalue weighted by molar-refractivity contribution is 6.28. The molecule has 0 heterocycles. The van der Waals surface area contributed by atoms with E-state index in [9.17, 15) is 9.59 Å². The molecule has 1 saturated carbocycles. The molecule has 14 heavy (non-hydrogen) atoms. The number of urea groups is 1. The summed E-state index contributed by atoms with van der Waals surface area (Å²) in [5.41, 5.74) is 0. The number of nitrogens with one attached hydrogen (secondary N) is 2. The second-order valence-corrected chi connectivity index (χ2v) is 3.90. The largest absolute Gasteiger partial charge is 0.335 e. The van der Waals surface area contributed by atoms with Gasteiger partial charge in [-0.2, -0.15) is 0 Å². The molecule has 0 aromatic rings. The maximum Gasteiger partial charge on any atom is 0.321 e. The highest BCUT2D eigenvalue weighted by Gasteiger charge is 2.25. The van der Waals surface area contributed by atoms with Crippen molar-refractivity contribution in [2.75, 3.05) is 5.88 Å². The van der Waals surface area contributed by atoms with E-state index in [2.05, 4.69) is 10.6 Å². The minimum absolute atomic E-state index is 0.131. The number of hydrogen-bond acceptors (Lipinski definition) is 2. The Morgan fingerprint density at radius 2 is 2.14 bits per heavy atom. The van der Waals surface area contributed by atoms with Gasteiger partial charge in [-0.3, -0.25) is 10.1 Å². The molecule has 1 aliphatic carbocycles. The summed E-state index contributed by atoms with van der Waals surface area (Å²) in [7, 11) is 0. The van der Waals surface area contributed by atoms with Crippen LogP contribution in [0, 0.1) is 5.92 Å². The van der Waals surface area contributed by atoms with E-state index in [1.165, 1.54) is 6.42 Å². The Kier molecular flexibility index (Phi) is 4.20. The van der Waals surface area contributed by atoms with Gasteiger partial charge in [0.1, 0.15) is 5.88 Å². The van der Waals surface area contributed by atoms with Crippen molar-refractivity contribution in [2.24, 2.45) is 5.92 Å². The summed E-state index contributed by atoms with van der Waals surface area (Å²) < 4.78 is 0. The van der Waals surface area contributed by atoms with Crippen LogP contribution in [0.4, 0.5) is 4.79 Å². The number of hydrogen-bond donors (Lipinski definition) is 2. The summed E-state index contributed by atoms with van der Waals surface area (Å²) in [6, 6.07) is -0.318. The second-order valence-electron chi connectivity index (χ2n) is 3.63. The zero-order valence-corrected chi connectivity index (χ0v) is 8.93. The molecule has 2 N–H and O–H groups in total. The molecule has 0 aromatic carbocycles. The molecule has 4 nitrogen and oxygen atoms in total. The normalized spacial score (nSPS) is 18.1. The Balaban J connectivity index is 2.21. The van der Waals surface area contributed by atoms with Crippen LogP contribution < -0.4 is 10.6 Å². The zero-order chi connectivity index (χ0) is 10.6. The van der Waals surface area contributed by atoms with Crippen molar-refractivity contribution in [3.8, 4) is 0 Å². The Hall–Kier alpha value is -0.770. The van der Waals surface area contributed by atoms with Crippen LogP contribution in [0.5, 0.6) is 0 Å². The standard InChI is InChI=1S/C9H15ClN2O2/c1-6(7-3-2-4-7)11-9(14)12-8(13)5-10/h6-7H,2-5H2,1H3,(H2,11,12,13,14). The lowest BCUT2D eigenvalue weighted by Crippen LogP contribution is -2.47. The first-order chi connectivity index (χ1) is 6.63. The summed E-state index contributed by atoms with van der Waals surface area (Å²) in [6.45, 7) is 1.95. The first kappa shape index (κ1) is 11.3. The lowest BCUT2D eigenvalue weighted by atomic mass is 9.80. The summed E-state index contributed by atoms with van der Waals surface area (Å²) in [6.07, 6.45) is 3.55. The fourth-order valence-corrected chi connectivity index (χ4v) is 1.53. The second kappa shape index (κ2) is 5.20. The topological polar surface area (TPSA) is 58.2 Å². The van der Waals surface area contributed by atoms with Crippen molar-refractivity contribution in [3.05, 3.63) is 0 Å². The molecular weight excluding hydrogens is 204 g/mol. The van der Waals surface area contributed by atoms with E-state index in [0.717, 1.165) is 12.8 Å². The molecule has 3 amide bonds. The maximum absolute atomic E-state index is 11.2. The highest BCUT2D eigenvalue weighted by Crippen LogP contribution is 2.29. The Bertz CT molecular complexity index is 229. The van der Waals surface area contributed by atoms with E-state index in [1.54, 1.807) is 0 Å². The summed E-state index contributed by atoms with van der Waals surface area (Å²) in [5, 5.41) is 4.86. The molecule has 0 radical (unpaired) electrons. The third-order valence-corrected chi connectivity index (χ3v) is 2.83. The molecule has 1 aliphatic rings. The molecule has 5 heteroatoms. The van der Waals surface area contributed by atoms with Crippen LogP contribution in [0.1, 0.15) is 26.2 Å². The molecule has 0 spiro atoms. The molecule has 1 rings (SSSR count). The van der Waals surface area contributed by atoms with Gasteiger partial charge in [-0.25, -0.2) is 4.79 Å². The van der Waals surface area contributed by atoms with Gasteiger partial charge in [0, 0.05) is 6.04 Å². The van der Waals surface area contributed by atoms with Gasteiger partial charge in [0.15, 0.2) is 0 Å². The predicted molar refractivity (Wildman–Crippen MR) is 54.2 cm³/mol. The van der Waals surface area contributed by atoms with Crippen LogP contribution in [0.15, 0.2) is 0 Å². The SMILES string of the molecule is CC(NC(=O)NC(=O)CCl)C1CCC1. The van der Waals surface area contributed by atoms with Gasteiger partial charge < -0.3 is 5.32 Å². The highest BCUT2D eigenvalue weighted by atomic mass is 35.5. The van der Waals surface area contributed by atoms with Crippen molar-refractivity contribution in [3.63, 3.8) is 0 Å². The van der Waals surface area contributed by atoms with Gasteiger partial charge >= 0.3 is 6.03 Å². The fourth-order valence-electron chi connectivity index (χ4n) is 1.46. The van der Waals surface area contributed by atoms with Crippen LogP contribution in [0.3, 0.4) is 0 Å². The first-order valence-corrected chi connectivity index (χ1v) is 5.33. The molecular formula is C9H15ClN2O2. The van der Waals surface area contributed by atoms with Gasteiger partial charge in [0.2, 0.25) is 5.91 Å². The van der Waals surface area contributed by atoms with Crippen LogP contribution in [0.25, 0.3) is 0 Å². The van der Waals surface area contributed by atoms with Gasteiger partial charge in [-0.1, -0.05) is 6.42 Å². The predicted octanol–water partition coefficient (Wildman–Crippen LogP) is 1.24. The van der Waals surface area contributed by atoms with E-state index in [-0.39, 0.29) is 11.9 Å². The van der Waals surface area contributed by atoms with Crippen LogP contribution in [0.2, 0.25) is 0 Å². The van der Waals surface area contributed by atoms with Gasteiger partial charge in [0.25, 0.3) is 0 Å². The number of alkyl halides is 1. The van der Waals surface area contributed by atoms with Crippen molar-refractivity contribution in [1.29, 1.82) is 0 Å². The van der Waals surface area contributed by atoms with Crippen molar-refractivity contribution in [2.45, 2.75) is 32.2 Å². The lowest BCUT2D eigenvalue weighted by Gasteiger charge is -2.31. The Morgan fingerprint density at radius 1 is 1.50 bits per heavy atom. The molecule has 1 fully saturated rings. The van der Waals surface area contributed by atoms with Crippen LogP contribution in [-0.2, 0) is 4.79 Å². The average molecular weight is 219 g/mol. The number of amides is 3. The van der Waals surface area contributed by atoms with Gasteiger partial charge in [-0.05, 0) is 25.7 Å². The van der Waals surface area contributed by atoms with E-state index in [0.29, 0.717) is 5.92 Å². The number of carbonyl (C=O) groups is 2. The number of imide groups is 1. The van der Waals surface area contributed by atoms with Crippen molar-refractivity contribution in [1.82, 2.24) is 10.6 Å². The van der Waals surface area contributed by atoms with E-state index in [4.69, 9.17) is 11.6 Å². The van der Waals surface area contributed by atoms with E-state index in [1.807, 2.05) is 6.92 Å². The summed E-state index contributed by atoms with van der Waals surface area (Å²) in [5.74, 6) is -0.0950. The summed E-state index contributed by atoms with van der Waals surface area (Å²) in [4.78, 5) is 21.9. The van der Waals surface area contributed by atoms with Crippen LogP contribution >= 0.6 is 11.6 Å². The third kappa shape index (κ3) is 3.18. The molecule has 1 atom stereocenters. The molecule has 0 aromatic heterocycles. The number of carbonyl (C=O) groups excluding carboxylic acids is 2. The van der Waals surface area contributed by atoms with E-state index >= 15 is 0 Å². The maximum atomic E-state index is 11.2. The van der Waals surface area contributed by atoms with Gasteiger partial charge in [0.05, 0.1) is 0 Å². The zero-order valence-electron chi connectivity index (χ0n) is 8.18.